The van der Waals surface area contributed by atoms with Gasteiger partial charge in [0.05, 0.1) is 12.2 Å². The van der Waals surface area contributed by atoms with Crippen LogP contribution in [0.3, 0.4) is 0 Å². The zero-order valence-corrected chi connectivity index (χ0v) is 24.5. The maximum atomic E-state index is 14.5. The number of nitrogens with zero attached hydrogens (tertiary/aromatic N) is 7. The molecule has 0 saturated carbocycles. The average molecular weight is 588 g/mol. The third kappa shape index (κ3) is 6.86. The third-order valence-electron chi connectivity index (χ3n) is 5.80. The van der Waals surface area contributed by atoms with E-state index >= 15 is 0 Å². The molecule has 14 heteroatoms. The summed E-state index contributed by atoms with van der Waals surface area (Å²) in [6.07, 6.45) is 6.22. The molecule has 2 aliphatic heterocycles. The lowest BCUT2D eigenvalue weighted by Gasteiger charge is -2.28. The summed E-state index contributed by atoms with van der Waals surface area (Å²) >= 11 is 6.97. The van der Waals surface area contributed by atoms with E-state index in [9.17, 15) is 9.18 Å². The maximum absolute atomic E-state index is 14.5. The highest BCUT2D eigenvalue weighted by atomic mass is 35.5. The molecule has 40 heavy (non-hydrogen) atoms. The van der Waals surface area contributed by atoms with Crippen molar-refractivity contribution in [1.29, 1.82) is 0 Å². The van der Waals surface area contributed by atoms with Crippen LogP contribution in [0.4, 0.5) is 27.7 Å². The second kappa shape index (κ2) is 12.2. The van der Waals surface area contributed by atoms with Gasteiger partial charge in [-0.2, -0.15) is 19.3 Å². The van der Waals surface area contributed by atoms with E-state index in [1.165, 1.54) is 28.6 Å². The van der Waals surface area contributed by atoms with Crippen molar-refractivity contribution >= 4 is 52.3 Å². The average Bonchev–Trinajstić information content (AvgIpc) is 3.37. The highest BCUT2D eigenvalue weighted by molar-refractivity contribution is 7.02. The maximum Gasteiger partial charge on any atom is 0.265 e. The second-order valence-electron chi connectivity index (χ2n) is 10.2. The highest BCUT2D eigenvalue weighted by Crippen LogP contribution is 2.37. The summed E-state index contributed by atoms with van der Waals surface area (Å²) in [6.45, 7) is 11.8. The van der Waals surface area contributed by atoms with Crippen LogP contribution in [0.15, 0.2) is 17.1 Å². The molecule has 0 aliphatic carbocycles. The summed E-state index contributed by atoms with van der Waals surface area (Å²) in [5.41, 5.74) is 0.678. The first-order valence-electron chi connectivity index (χ1n) is 12.7. The van der Waals surface area contributed by atoms with Gasteiger partial charge in [0.1, 0.15) is 17.3 Å². The topological polar surface area (TPSA) is 122 Å². The molecule has 1 aromatic carbocycles. The first-order valence-corrected chi connectivity index (χ1v) is 13.9. The summed E-state index contributed by atoms with van der Waals surface area (Å²) in [5, 5.41) is 6.23. The molecule has 11 nitrogen and oxygen atoms in total. The van der Waals surface area contributed by atoms with Crippen LogP contribution in [-0.2, 0) is 17.8 Å². The van der Waals surface area contributed by atoms with Gasteiger partial charge in [0, 0.05) is 43.2 Å². The van der Waals surface area contributed by atoms with Gasteiger partial charge in [0.25, 0.3) is 5.91 Å². The molecule has 2 N–H and O–H groups in total. The molecule has 0 saturated heterocycles. The molecule has 0 spiro atoms. The molecule has 3 aromatic rings. The zero-order valence-electron chi connectivity index (χ0n) is 23.0. The van der Waals surface area contributed by atoms with Crippen molar-refractivity contribution in [2.24, 2.45) is 10.4 Å². The van der Waals surface area contributed by atoms with Gasteiger partial charge in [-0.05, 0) is 43.9 Å². The standard InChI is InChI=1S/C18H17FN4O2S.C8H14ClN5/c1-4-5-22-13-7-12(11(19)6-14(13)25-9-16(22)24)20-17-23-10-18(2,3)8-15(23)21-26-17;1-4-10-7-12-6(9)13-8(14-7)11-5(2)3/h1,6-7H,5,8-10H2,2-3H3;5H,4H2,1-3H3,(H2,10,11,12,13,14). The number of fused-ring (bicyclic) bond motifs is 2. The van der Waals surface area contributed by atoms with Gasteiger partial charge in [-0.15, -0.1) is 6.42 Å². The van der Waals surface area contributed by atoms with Gasteiger partial charge in [0.2, 0.25) is 22.0 Å². The van der Waals surface area contributed by atoms with Crippen LogP contribution in [-0.4, -0.2) is 55.5 Å². The lowest BCUT2D eigenvalue weighted by Crippen LogP contribution is -2.39. The van der Waals surface area contributed by atoms with Crippen molar-refractivity contribution < 1.29 is 13.9 Å². The van der Waals surface area contributed by atoms with Crippen LogP contribution in [0, 0.1) is 23.6 Å². The molecule has 0 radical (unpaired) electrons. The highest BCUT2D eigenvalue weighted by Gasteiger charge is 2.31. The number of anilines is 3. The molecule has 0 atom stereocenters. The second-order valence-corrected chi connectivity index (χ2v) is 11.3. The van der Waals surface area contributed by atoms with Crippen molar-refractivity contribution in [2.75, 3.05) is 35.2 Å². The predicted molar refractivity (Wildman–Crippen MR) is 154 cm³/mol. The monoisotopic (exact) mass is 587 g/mol. The van der Waals surface area contributed by atoms with Gasteiger partial charge in [-0.25, -0.2) is 9.38 Å². The quantitative estimate of drug-likeness (QED) is 0.415. The normalized spacial score (nSPS) is 15.5. The minimum absolute atomic E-state index is 0.0964. The van der Waals surface area contributed by atoms with Gasteiger partial charge >= 0.3 is 0 Å². The molecule has 2 aromatic heterocycles. The fourth-order valence-electron chi connectivity index (χ4n) is 4.16. The number of carbonyl (C=O) groups is 1. The molecule has 1 amide bonds. The Balaban J connectivity index is 0.000000224. The Morgan fingerprint density at radius 2 is 2.05 bits per heavy atom. The molecular weight excluding hydrogens is 557 g/mol. The fraction of sp³-hybridized carbons (Fsp3) is 0.462. The molecule has 0 unspecified atom stereocenters. The molecule has 4 heterocycles. The predicted octanol–water partition coefficient (Wildman–Crippen LogP) is 4.03. The van der Waals surface area contributed by atoms with E-state index in [0.717, 1.165) is 25.3 Å². The van der Waals surface area contributed by atoms with Gasteiger partial charge in [0.15, 0.2) is 12.4 Å². The van der Waals surface area contributed by atoms with Crippen molar-refractivity contribution in [3.8, 4) is 18.1 Å². The SMILES string of the molecule is C#CCN1C(=O)COc2cc(F)c(N=c3snc4n3CC(C)(C)C4)cc21.CCNc1nc(Cl)nc(NC(C)C)n1. The molecule has 212 valence electrons. The number of terminal acetylenes is 1. The van der Waals surface area contributed by atoms with Crippen LogP contribution < -0.4 is 25.1 Å². The number of carbonyl (C=O) groups excluding carboxylic acids is 1. The molecular formula is C26H31ClFN9O2S. The Morgan fingerprint density at radius 3 is 2.75 bits per heavy atom. The Labute approximate surface area is 241 Å². The molecule has 0 fully saturated rings. The number of benzene rings is 1. The van der Waals surface area contributed by atoms with E-state index in [2.05, 4.69) is 54.7 Å². The summed E-state index contributed by atoms with van der Waals surface area (Å²) in [7, 11) is 0. The number of aromatic nitrogens is 5. The van der Waals surface area contributed by atoms with Crippen LogP contribution in [0.5, 0.6) is 5.75 Å². The van der Waals surface area contributed by atoms with E-state index in [1.807, 2.05) is 25.3 Å². The van der Waals surface area contributed by atoms with Crippen LogP contribution >= 0.6 is 23.1 Å². The van der Waals surface area contributed by atoms with Gasteiger partial charge in [-0.1, -0.05) is 19.8 Å². The van der Waals surface area contributed by atoms with E-state index in [4.69, 9.17) is 22.8 Å². The number of hydrogen-bond acceptors (Lipinski definition) is 10. The van der Waals surface area contributed by atoms with E-state index in [1.54, 1.807) is 0 Å². The number of rotatable bonds is 6. The van der Waals surface area contributed by atoms with Crippen molar-refractivity contribution in [2.45, 2.75) is 53.6 Å². The summed E-state index contributed by atoms with van der Waals surface area (Å²) in [6, 6.07) is 3.02. The lowest BCUT2D eigenvalue weighted by atomic mass is 9.92. The van der Waals surface area contributed by atoms with Crippen molar-refractivity contribution in [3.05, 3.63) is 33.9 Å². The summed E-state index contributed by atoms with van der Waals surface area (Å²) in [4.78, 5) is 30.6. The Hall–Kier alpha value is -3.76. The largest absolute Gasteiger partial charge is 0.481 e. The minimum atomic E-state index is -0.515. The first-order chi connectivity index (χ1) is 19.0. The molecule has 5 rings (SSSR count). The fourth-order valence-corrected chi connectivity index (χ4v) is 5.07. The number of halogens is 2. The van der Waals surface area contributed by atoms with Crippen molar-refractivity contribution in [1.82, 2.24) is 23.9 Å². The van der Waals surface area contributed by atoms with E-state index in [0.29, 0.717) is 28.1 Å². The number of nitrogens with one attached hydrogen (secondary N) is 2. The molecule has 2 aliphatic rings. The third-order valence-corrected chi connectivity index (χ3v) is 6.74. The van der Waals surface area contributed by atoms with Crippen LogP contribution in [0.2, 0.25) is 5.28 Å². The number of amides is 1. The Kier molecular flexibility index (Phi) is 8.90. The zero-order chi connectivity index (χ0) is 29.0. The Bertz CT molecular complexity index is 1510. The van der Waals surface area contributed by atoms with Crippen LogP contribution in [0.25, 0.3) is 0 Å². The minimum Gasteiger partial charge on any atom is -0.481 e. The van der Waals surface area contributed by atoms with Gasteiger partial charge in [-0.3, -0.25) is 9.69 Å². The van der Waals surface area contributed by atoms with Gasteiger partial charge < -0.3 is 19.9 Å². The molecule has 0 bridgehead atoms. The summed E-state index contributed by atoms with van der Waals surface area (Å²) in [5.74, 6) is 3.91. The number of hydrogen-bond donors (Lipinski definition) is 2. The number of ether oxygens (including phenoxy) is 1. The lowest BCUT2D eigenvalue weighted by molar-refractivity contribution is -0.121. The summed E-state index contributed by atoms with van der Waals surface area (Å²) < 4.78 is 26.3. The van der Waals surface area contributed by atoms with E-state index < -0.39 is 5.82 Å². The Morgan fingerprint density at radius 1 is 1.30 bits per heavy atom. The van der Waals surface area contributed by atoms with Crippen LogP contribution in [0.1, 0.15) is 40.4 Å². The first kappa shape index (κ1) is 29.2. The van der Waals surface area contributed by atoms with E-state index in [-0.39, 0.29) is 41.5 Å². The smallest absolute Gasteiger partial charge is 0.265 e. The van der Waals surface area contributed by atoms with Crippen molar-refractivity contribution in [3.63, 3.8) is 0 Å².